The molecule has 0 aromatic heterocycles. The van der Waals surface area contributed by atoms with Gasteiger partial charge in [0.05, 0.1) is 5.38 Å². The Morgan fingerprint density at radius 3 is 1.88 bits per heavy atom. The number of alkyl halides is 3. The summed E-state index contributed by atoms with van der Waals surface area (Å²) in [5, 5.41) is 7.95. The van der Waals surface area contributed by atoms with Crippen LogP contribution in [-0.2, 0) is 0 Å². The van der Waals surface area contributed by atoms with Gasteiger partial charge in [0.1, 0.15) is 4.84 Å². The maximum absolute atomic E-state index is 8.28. The lowest BCUT2D eigenvalue weighted by Crippen LogP contribution is -2.09. The average molecular weight is 177 g/mol. The smallest absolute Gasteiger partial charge is 0.124 e. The molecular weight excluding hydrogens is 170 g/mol. The summed E-state index contributed by atoms with van der Waals surface area (Å²) >= 11 is 16.2. The average Bonchev–Trinajstić information content (AvgIpc) is 1.67. The number of hydrogen-bond acceptors (Lipinski definition) is 1. The van der Waals surface area contributed by atoms with Crippen molar-refractivity contribution in [2.75, 3.05) is 6.61 Å². The van der Waals surface area contributed by atoms with Crippen molar-refractivity contribution in [1.29, 1.82) is 0 Å². The fourth-order valence-electron chi connectivity index (χ4n) is 0.249. The summed E-state index contributed by atoms with van der Waals surface area (Å²) in [4.78, 5) is -0.580. The molecule has 1 N–H and O–H groups in total. The molecule has 0 aromatic rings. The van der Waals surface area contributed by atoms with Gasteiger partial charge in [-0.15, -0.1) is 34.8 Å². The summed E-state index contributed by atoms with van der Waals surface area (Å²) in [5.74, 6) is 0. The minimum absolute atomic E-state index is 0.0319. The van der Waals surface area contributed by atoms with Crippen molar-refractivity contribution < 1.29 is 5.11 Å². The van der Waals surface area contributed by atoms with Gasteiger partial charge in [-0.1, -0.05) is 0 Å². The molecule has 0 spiro atoms. The molecule has 1 unspecified atom stereocenters. The monoisotopic (exact) mass is 176 g/mol. The van der Waals surface area contributed by atoms with E-state index >= 15 is 0 Å². The number of aliphatic hydroxyl groups excluding tert-OH is 1. The molecule has 0 radical (unpaired) electrons. The molecule has 4 heteroatoms. The summed E-state index contributed by atoms with van der Waals surface area (Å²) < 4.78 is 0. The van der Waals surface area contributed by atoms with Crippen LogP contribution in [0.3, 0.4) is 0 Å². The van der Waals surface area contributed by atoms with Crippen molar-refractivity contribution in [3.63, 3.8) is 0 Å². The van der Waals surface area contributed by atoms with E-state index in [9.17, 15) is 0 Å². The van der Waals surface area contributed by atoms with Gasteiger partial charge in [0.15, 0.2) is 0 Å². The molecule has 0 aromatic carbocycles. The van der Waals surface area contributed by atoms with Gasteiger partial charge in [-0.3, -0.25) is 0 Å². The van der Waals surface area contributed by atoms with Crippen molar-refractivity contribution in [3.05, 3.63) is 0 Å². The van der Waals surface area contributed by atoms with E-state index in [-0.39, 0.29) is 12.0 Å². The Morgan fingerprint density at radius 2 is 1.75 bits per heavy atom. The Labute approximate surface area is 63.5 Å². The van der Waals surface area contributed by atoms with E-state index < -0.39 is 4.84 Å². The van der Waals surface area contributed by atoms with Crippen LogP contribution in [0.25, 0.3) is 0 Å². The third-order valence-electron chi connectivity index (χ3n) is 0.678. The molecule has 0 aliphatic carbocycles. The highest BCUT2D eigenvalue weighted by Crippen LogP contribution is 2.16. The molecule has 0 rings (SSSR count). The standard InChI is InChI=1S/C4H7Cl3O/c5-3(1-2-8)4(6)7/h3-4,8H,1-2H2. The lowest BCUT2D eigenvalue weighted by Gasteiger charge is -2.05. The van der Waals surface area contributed by atoms with E-state index in [4.69, 9.17) is 39.9 Å². The first-order valence-electron chi connectivity index (χ1n) is 2.21. The Morgan fingerprint density at radius 1 is 1.25 bits per heavy atom. The Bertz CT molecular complexity index is 57.2. The molecule has 1 atom stereocenters. The predicted molar refractivity (Wildman–Crippen MR) is 36.8 cm³/mol. The van der Waals surface area contributed by atoms with E-state index in [1.165, 1.54) is 0 Å². The van der Waals surface area contributed by atoms with Crippen LogP contribution in [-0.4, -0.2) is 21.9 Å². The highest BCUT2D eigenvalue weighted by atomic mass is 35.5. The Balaban J connectivity index is 3.17. The minimum atomic E-state index is -0.580. The number of halogens is 3. The summed E-state index contributed by atoms with van der Waals surface area (Å²) in [6, 6.07) is 0. The van der Waals surface area contributed by atoms with Crippen LogP contribution < -0.4 is 0 Å². The lowest BCUT2D eigenvalue weighted by atomic mass is 10.3. The summed E-state index contributed by atoms with van der Waals surface area (Å²) in [7, 11) is 0. The van der Waals surface area contributed by atoms with Gasteiger partial charge in [-0.2, -0.15) is 0 Å². The number of rotatable bonds is 3. The zero-order valence-electron chi connectivity index (χ0n) is 4.15. The zero-order valence-corrected chi connectivity index (χ0v) is 6.42. The topological polar surface area (TPSA) is 20.2 Å². The van der Waals surface area contributed by atoms with Gasteiger partial charge in [-0.25, -0.2) is 0 Å². The van der Waals surface area contributed by atoms with Crippen LogP contribution >= 0.6 is 34.8 Å². The summed E-state index contributed by atoms with van der Waals surface area (Å²) in [6.07, 6.45) is 0.444. The normalized spacial score (nSPS) is 14.6. The van der Waals surface area contributed by atoms with Crippen LogP contribution in [0.2, 0.25) is 0 Å². The molecular formula is C4H7Cl3O. The molecule has 0 fully saturated rings. The number of aliphatic hydroxyl groups is 1. The molecule has 0 aliphatic rings. The lowest BCUT2D eigenvalue weighted by molar-refractivity contribution is 0.287. The van der Waals surface area contributed by atoms with Crippen LogP contribution in [0.5, 0.6) is 0 Å². The fraction of sp³-hybridized carbons (Fsp3) is 1.00. The highest BCUT2D eigenvalue weighted by molar-refractivity contribution is 6.48. The van der Waals surface area contributed by atoms with Gasteiger partial charge in [0, 0.05) is 6.61 Å². The Hall–Kier alpha value is 0.830. The molecule has 0 saturated heterocycles. The number of hydrogen-bond donors (Lipinski definition) is 1. The third kappa shape index (κ3) is 3.79. The largest absolute Gasteiger partial charge is 0.396 e. The van der Waals surface area contributed by atoms with Gasteiger partial charge < -0.3 is 5.11 Å². The van der Waals surface area contributed by atoms with Gasteiger partial charge in [0.25, 0.3) is 0 Å². The van der Waals surface area contributed by atoms with Crippen molar-refractivity contribution in [2.45, 2.75) is 16.6 Å². The van der Waals surface area contributed by atoms with Gasteiger partial charge >= 0.3 is 0 Å². The van der Waals surface area contributed by atoms with Gasteiger partial charge in [-0.05, 0) is 6.42 Å². The van der Waals surface area contributed by atoms with E-state index in [1.807, 2.05) is 0 Å². The molecule has 1 nitrogen and oxygen atoms in total. The van der Waals surface area contributed by atoms with Crippen molar-refractivity contribution >= 4 is 34.8 Å². The van der Waals surface area contributed by atoms with Crippen LogP contribution in [0.1, 0.15) is 6.42 Å². The quantitative estimate of drug-likeness (QED) is 0.652. The molecule has 50 valence electrons. The zero-order chi connectivity index (χ0) is 6.57. The maximum Gasteiger partial charge on any atom is 0.124 e. The van der Waals surface area contributed by atoms with Crippen LogP contribution in [0, 0.1) is 0 Å². The first-order chi connectivity index (χ1) is 3.68. The molecule has 0 aliphatic heterocycles. The van der Waals surface area contributed by atoms with Crippen molar-refractivity contribution in [1.82, 2.24) is 0 Å². The van der Waals surface area contributed by atoms with E-state index in [0.29, 0.717) is 6.42 Å². The van der Waals surface area contributed by atoms with Crippen LogP contribution in [0.15, 0.2) is 0 Å². The van der Waals surface area contributed by atoms with E-state index in [1.54, 1.807) is 0 Å². The predicted octanol–water partition coefficient (Wildman–Crippen LogP) is 1.78. The molecule has 0 amide bonds. The second-order valence-electron chi connectivity index (χ2n) is 1.36. The second-order valence-corrected chi connectivity index (χ2v) is 3.09. The molecule has 0 bridgehead atoms. The second kappa shape index (κ2) is 4.68. The summed E-state index contributed by atoms with van der Waals surface area (Å²) in [6.45, 7) is 0.0319. The maximum atomic E-state index is 8.28. The molecule has 8 heavy (non-hydrogen) atoms. The summed E-state index contributed by atoms with van der Waals surface area (Å²) in [5.41, 5.74) is 0. The Kier molecular flexibility index (Phi) is 5.17. The SMILES string of the molecule is OCCC(Cl)C(Cl)Cl. The van der Waals surface area contributed by atoms with Crippen molar-refractivity contribution in [3.8, 4) is 0 Å². The van der Waals surface area contributed by atoms with E-state index in [0.717, 1.165) is 0 Å². The molecule has 0 saturated carbocycles. The van der Waals surface area contributed by atoms with E-state index in [2.05, 4.69) is 0 Å². The minimum Gasteiger partial charge on any atom is -0.396 e. The third-order valence-corrected chi connectivity index (χ3v) is 2.01. The van der Waals surface area contributed by atoms with Gasteiger partial charge in [0.2, 0.25) is 0 Å². The first-order valence-corrected chi connectivity index (χ1v) is 3.52. The van der Waals surface area contributed by atoms with Crippen LogP contribution in [0.4, 0.5) is 0 Å². The molecule has 0 heterocycles. The first kappa shape index (κ1) is 8.83. The highest BCUT2D eigenvalue weighted by Gasteiger charge is 2.11. The fourth-order valence-corrected chi connectivity index (χ4v) is 0.599. The van der Waals surface area contributed by atoms with Crippen molar-refractivity contribution in [2.24, 2.45) is 0 Å².